The maximum atomic E-state index is 12.7. The fraction of sp³-hybridized carbons (Fsp3) is 0.600. The van der Waals surface area contributed by atoms with Crippen LogP contribution in [0.3, 0.4) is 0 Å². The van der Waals surface area contributed by atoms with Crippen LogP contribution in [0.4, 0.5) is 11.4 Å². The minimum Gasteiger partial charge on any atom is -0.383 e. The largest absolute Gasteiger partial charge is 0.383 e. The molecular formula is C15H23N3O5S. The molecular weight excluding hydrogens is 334 g/mol. The number of methoxy groups -OCH3 is 1. The summed E-state index contributed by atoms with van der Waals surface area (Å²) in [4.78, 5) is 10.7. The van der Waals surface area contributed by atoms with Gasteiger partial charge in [-0.2, -0.15) is 4.31 Å². The van der Waals surface area contributed by atoms with E-state index >= 15 is 0 Å². The number of anilines is 1. The Morgan fingerprint density at radius 1 is 1.46 bits per heavy atom. The fourth-order valence-electron chi connectivity index (χ4n) is 2.77. The molecule has 1 aliphatic heterocycles. The van der Waals surface area contributed by atoms with Crippen LogP contribution in [0.15, 0.2) is 23.1 Å². The first kappa shape index (κ1) is 18.6. The molecule has 8 nitrogen and oxygen atoms in total. The Morgan fingerprint density at radius 2 is 2.21 bits per heavy atom. The number of nitro groups is 1. The summed E-state index contributed by atoms with van der Waals surface area (Å²) in [5.41, 5.74) is 0.0280. The van der Waals surface area contributed by atoms with Crippen LogP contribution in [0.5, 0.6) is 0 Å². The van der Waals surface area contributed by atoms with E-state index in [0.717, 1.165) is 18.9 Å². The van der Waals surface area contributed by atoms with Crippen LogP contribution in [0.25, 0.3) is 0 Å². The van der Waals surface area contributed by atoms with Gasteiger partial charge in [0.15, 0.2) is 0 Å². The van der Waals surface area contributed by atoms with Crippen LogP contribution in [0, 0.1) is 16.0 Å². The third-order valence-corrected chi connectivity index (χ3v) is 5.91. The van der Waals surface area contributed by atoms with E-state index in [1.807, 2.05) is 6.92 Å². The van der Waals surface area contributed by atoms with Gasteiger partial charge in [0, 0.05) is 32.8 Å². The molecule has 1 N–H and O–H groups in total. The van der Waals surface area contributed by atoms with Crippen LogP contribution in [0.1, 0.15) is 19.8 Å². The van der Waals surface area contributed by atoms with E-state index in [9.17, 15) is 18.5 Å². The molecule has 0 saturated carbocycles. The second kappa shape index (κ2) is 7.91. The van der Waals surface area contributed by atoms with Crippen molar-refractivity contribution in [2.75, 3.05) is 38.7 Å². The van der Waals surface area contributed by atoms with E-state index in [1.165, 1.54) is 23.5 Å². The lowest BCUT2D eigenvalue weighted by Crippen LogP contribution is -2.39. The number of ether oxygens (including phenoxy) is 1. The molecule has 1 heterocycles. The van der Waals surface area contributed by atoms with Crippen molar-refractivity contribution in [2.24, 2.45) is 5.92 Å². The number of nitro benzene ring substituents is 1. The number of hydrogen-bond acceptors (Lipinski definition) is 6. The predicted molar refractivity (Wildman–Crippen MR) is 90.6 cm³/mol. The summed E-state index contributed by atoms with van der Waals surface area (Å²) in [5.74, 6) is 0.290. The highest BCUT2D eigenvalue weighted by Gasteiger charge is 2.30. The van der Waals surface area contributed by atoms with Gasteiger partial charge >= 0.3 is 0 Å². The van der Waals surface area contributed by atoms with Gasteiger partial charge in [0.25, 0.3) is 5.69 Å². The monoisotopic (exact) mass is 357 g/mol. The van der Waals surface area contributed by atoms with Crippen LogP contribution in [-0.4, -0.2) is 51.0 Å². The summed E-state index contributed by atoms with van der Waals surface area (Å²) in [7, 11) is -2.18. The Labute approximate surface area is 142 Å². The second-order valence-corrected chi connectivity index (χ2v) is 7.90. The maximum absolute atomic E-state index is 12.7. The maximum Gasteiger partial charge on any atom is 0.293 e. The fourth-order valence-corrected chi connectivity index (χ4v) is 4.39. The quantitative estimate of drug-likeness (QED) is 0.455. The van der Waals surface area contributed by atoms with Gasteiger partial charge in [-0.25, -0.2) is 8.42 Å². The molecule has 1 aromatic rings. The Bertz CT molecular complexity index is 692. The van der Waals surface area contributed by atoms with Crippen molar-refractivity contribution >= 4 is 21.4 Å². The number of nitrogens with one attached hydrogen (secondary N) is 1. The molecule has 1 atom stereocenters. The summed E-state index contributed by atoms with van der Waals surface area (Å²) in [6, 6.07) is 3.98. The lowest BCUT2D eigenvalue weighted by atomic mass is 10.0. The average Bonchev–Trinajstić information content (AvgIpc) is 2.55. The second-order valence-electron chi connectivity index (χ2n) is 5.97. The minimum atomic E-state index is -3.72. The van der Waals surface area contributed by atoms with Gasteiger partial charge < -0.3 is 10.1 Å². The topological polar surface area (TPSA) is 102 Å². The van der Waals surface area contributed by atoms with Crippen molar-refractivity contribution < 1.29 is 18.1 Å². The lowest BCUT2D eigenvalue weighted by Gasteiger charge is -2.30. The van der Waals surface area contributed by atoms with Gasteiger partial charge in [-0.1, -0.05) is 6.92 Å². The van der Waals surface area contributed by atoms with Gasteiger partial charge in [-0.15, -0.1) is 0 Å². The van der Waals surface area contributed by atoms with Crippen LogP contribution >= 0.6 is 0 Å². The van der Waals surface area contributed by atoms with Crippen LogP contribution in [0.2, 0.25) is 0 Å². The lowest BCUT2D eigenvalue weighted by molar-refractivity contribution is -0.384. The van der Waals surface area contributed by atoms with E-state index in [0.29, 0.717) is 32.2 Å². The molecule has 9 heteroatoms. The van der Waals surface area contributed by atoms with E-state index in [1.54, 1.807) is 0 Å². The number of sulfonamides is 1. The smallest absolute Gasteiger partial charge is 0.293 e. The molecule has 2 rings (SSSR count). The molecule has 134 valence electrons. The molecule has 0 radical (unpaired) electrons. The molecule has 24 heavy (non-hydrogen) atoms. The average molecular weight is 357 g/mol. The van der Waals surface area contributed by atoms with Crippen molar-refractivity contribution in [3.63, 3.8) is 0 Å². The molecule has 0 unspecified atom stereocenters. The third-order valence-electron chi connectivity index (χ3n) is 4.05. The Balaban J connectivity index is 2.29. The van der Waals surface area contributed by atoms with Crippen molar-refractivity contribution in [3.05, 3.63) is 28.3 Å². The molecule has 0 aliphatic carbocycles. The highest BCUT2D eigenvalue weighted by molar-refractivity contribution is 7.89. The van der Waals surface area contributed by atoms with E-state index < -0.39 is 14.9 Å². The Kier molecular flexibility index (Phi) is 6.14. The molecule has 1 aromatic carbocycles. The van der Waals surface area contributed by atoms with Crippen molar-refractivity contribution in [3.8, 4) is 0 Å². The zero-order chi connectivity index (χ0) is 17.7. The standard InChI is InChI=1S/C15H23N3O5S/c1-12-4-3-8-17(11-12)24(21,22)13-5-6-14(16-7-9-23-2)15(10-13)18(19)20/h5-6,10,12,16H,3-4,7-9,11H2,1-2H3/t12-/m1/s1. The van der Waals surface area contributed by atoms with Crippen LogP contribution < -0.4 is 5.32 Å². The highest BCUT2D eigenvalue weighted by Crippen LogP contribution is 2.30. The third kappa shape index (κ3) is 4.22. The molecule has 0 amide bonds. The first-order valence-corrected chi connectivity index (χ1v) is 9.31. The first-order valence-electron chi connectivity index (χ1n) is 7.87. The molecule has 1 aliphatic rings. The predicted octanol–water partition coefficient (Wildman–Crippen LogP) is 2.07. The van der Waals surface area contributed by atoms with E-state index in [4.69, 9.17) is 4.74 Å². The van der Waals surface area contributed by atoms with E-state index in [-0.39, 0.29) is 16.3 Å². The molecule has 0 aromatic heterocycles. The van der Waals surface area contributed by atoms with Gasteiger partial charge in [0.05, 0.1) is 16.4 Å². The summed E-state index contributed by atoms with van der Waals surface area (Å²) >= 11 is 0. The molecule has 0 bridgehead atoms. The van der Waals surface area contributed by atoms with Crippen molar-refractivity contribution in [1.82, 2.24) is 4.31 Å². The number of piperidine rings is 1. The van der Waals surface area contributed by atoms with Gasteiger partial charge in [-0.05, 0) is 30.9 Å². The summed E-state index contributed by atoms with van der Waals surface area (Å²) in [5, 5.41) is 14.2. The number of hydrogen-bond donors (Lipinski definition) is 1. The minimum absolute atomic E-state index is 0.0411. The normalized spacial score (nSPS) is 19.2. The summed E-state index contributed by atoms with van der Waals surface area (Å²) in [6.45, 7) is 3.70. The van der Waals surface area contributed by atoms with Crippen molar-refractivity contribution in [2.45, 2.75) is 24.7 Å². The number of rotatable bonds is 7. The Morgan fingerprint density at radius 3 is 2.83 bits per heavy atom. The summed E-state index contributed by atoms with van der Waals surface area (Å²) < 4.78 is 31.8. The van der Waals surface area contributed by atoms with Gasteiger partial charge in [0.1, 0.15) is 5.69 Å². The molecule has 1 fully saturated rings. The number of benzene rings is 1. The zero-order valence-electron chi connectivity index (χ0n) is 13.9. The van der Waals surface area contributed by atoms with Crippen molar-refractivity contribution in [1.29, 1.82) is 0 Å². The molecule has 1 saturated heterocycles. The zero-order valence-corrected chi connectivity index (χ0v) is 14.7. The summed E-state index contributed by atoms with van der Waals surface area (Å²) in [6.07, 6.45) is 1.80. The van der Waals surface area contributed by atoms with Gasteiger partial charge in [0.2, 0.25) is 10.0 Å². The van der Waals surface area contributed by atoms with E-state index in [2.05, 4.69) is 5.32 Å². The highest BCUT2D eigenvalue weighted by atomic mass is 32.2. The van der Waals surface area contributed by atoms with Gasteiger partial charge in [-0.3, -0.25) is 10.1 Å². The van der Waals surface area contributed by atoms with Crippen LogP contribution in [-0.2, 0) is 14.8 Å². The Hall–Kier alpha value is -1.71. The number of nitrogens with zero attached hydrogens (tertiary/aromatic N) is 2. The molecule has 0 spiro atoms. The SMILES string of the molecule is COCCNc1ccc(S(=O)(=O)N2CCC[C@@H](C)C2)cc1[N+](=O)[O-]. The first-order chi connectivity index (χ1) is 11.4.